The number of halogens is 1. The van der Waals surface area contributed by atoms with Crippen LogP contribution < -0.4 is 0 Å². The topological polar surface area (TPSA) is 58.9 Å². The maximum atomic E-state index is 11.2. The van der Waals surface area contributed by atoms with E-state index in [9.17, 15) is 4.79 Å². The summed E-state index contributed by atoms with van der Waals surface area (Å²) in [5.74, 6) is -0.286. The third-order valence-corrected chi connectivity index (χ3v) is 2.70. The van der Waals surface area contributed by atoms with Gasteiger partial charge in [0.25, 0.3) is 0 Å². The molecule has 0 unspecified atom stereocenters. The molecule has 0 atom stereocenters. The van der Waals surface area contributed by atoms with Crippen LogP contribution in [0.3, 0.4) is 0 Å². The molecule has 17 heavy (non-hydrogen) atoms. The molecular weight excluding hydrogens is 286 g/mol. The Labute approximate surface area is 108 Å². The molecule has 0 aromatic heterocycles. The molecule has 0 aliphatic rings. The van der Waals surface area contributed by atoms with Gasteiger partial charge < -0.3 is 9.94 Å². The van der Waals surface area contributed by atoms with E-state index in [-0.39, 0.29) is 12.4 Å². The SMILES string of the molecule is CCOC(=O)CCC(=NO)c1ccc(Br)cc1. The van der Waals surface area contributed by atoms with Gasteiger partial charge in [0.2, 0.25) is 0 Å². The molecule has 0 fully saturated rings. The largest absolute Gasteiger partial charge is 0.466 e. The molecule has 0 heterocycles. The van der Waals surface area contributed by atoms with Gasteiger partial charge in [-0.25, -0.2) is 0 Å². The van der Waals surface area contributed by atoms with Gasteiger partial charge >= 0.3 is 5.97 Å². The van der Waals surface area contributed by atoms with Crippen LogP contribution >= 0.6 is 15.9 Å². The molecule has 1 rings (SSSR count). The van der Waals surface area contributed by atoms with Crippen LogP contribution in [0.5, 0.6) is 0 Å². The van der Waals surface area contributed by atoms with Crippen LogP contribution in [-0.2, 0) is 9.53 Å². The Balaban J connectivity index is 2.61. The lowest BCUT2D eigenvalue weighted by Crippen LogP contribution is -2.08. The van der Waals surface area contributed by atoms with E-state index in [1.54, 1.807) is 6.92 Å². The molecule has 0 aliphatic heterocycles. The molecule has 92 valence electrons. The predicted molar refractivity (Wildman–Crippen MR) is 68.3 cm³/mol. The summed E-state index contributed by atoms with van der Waals surface area (Å²) in [4.78, 5) is 11.2. The number of esters is 1. The summed E-state index contributed by atoms with van der Waals surface area (Å²) in [7, 11) is 0. The van der Waals surface area contributed by atoms with E-state index < -0.39 is 0 Å². The van der Waals surface area contributed by atoms with Crippen LogP contribution in [0, 0.1) is 0 Å². The first kappa shape index (κ1) is 13.7. The maximum Gasteiger partial charge on any atom is 0.306 e. The number of ether oxygens (including phenoxy) is 1. The third kappa shape index (κ3) is 4.56. The number of nitrogens with zero attached hydrogens (tertiary/aromatic N) is 1. The molecule has 1 aromatic rings. The van der Waals surface area contributed by atoms with Crippen molar-refractivity contribution in [2.24, 2.45) is 5.16 Å². The van der Waals surface area contributed by atoms with Crippen LogP contribution in [0.2, 0.25) is 0 Å². The molecule has 0 radical (unpaired) electrons. The van der Waals surface area contributed by atoms with Crippen molar-refractivity contribution in [2.45, 2.75) is 19.8 Å². The van der Waals surface area contributed by atoms with Gasteiger partial charge in [-0.2, -0.15) is 0 Å². The van der Waals surface area contributed by atoms with Gasteiger partial charge in [-0.15, -0.1) is 0 Å². The molecular formula is C12H14BrNO3. The zero-order valence-corrected chi connectivity index (χ0v) is 11.1. The third-order valence-electron chi connectivity index (χ3n) is 2.17. The standard InChI is InChI=1S/C12H14BrNO3/c1-2-17-12(15)8-7-11(14-16)9-3-5-10(13)6-4-9/h3-6,16H,2,7-8H2,1H3. The Hall–Kier alpha value is -1.36. The van der Waals surface area contributed by atoms with Gasteiger partial charge in [-0.05, 0) is 24.6 Å². The minimum Gasteiger partial charge on any atom is -0.466 e. The van der Waals surface area contributed by atoms with Crippen molar-refractivity contribution < 1.29 is 14.7 Å². The van der Waals surface area contributed by atoms with E-state index in [1.165, 1.54) is 0 Å². The van der Waals surface area contributed by atoms with Crippen molar-refractivity contribution in [3.05, 3.63) is 34.3 Å². The van der Waals surface area contributed by atoms with E-state index in [4.69, 9.17) is 9.94 Å². The zero-order chi connectivity index (χ0) is 12.7. The highest BCUT2D eigenvalue weighted by atomic mass is 79.9. The molecule has 0 saturated carbocycles. The van der Waals surface area contributed by atoms with Crippen molar-refractivity contribution in [1.29, 1.82) is 0 Å². The highest BCUT2D eigenvalue weighted by Crippen LogP contribution is 2.13. The van der Waals surface area contributed by atoms with Crippen LogP contribution in [0.25, 0.3) is 0 Å². The minimum atomic E-state index is -0.286. The van der Waals surface area contributed by atoms with Crippen LogP contribution in [-0.4, -0.2) is 23.5 Å². The van der Waals surface area contributed by atoms with E-state index >= 15 is 0 Å². The van der Waals surface area contributed by atoms with Crippen LogP contribution in [0.1, 0.15) is 25.3 Å². The molecule has 4 nitrogen and oxygen atoms in total. The maximum absolute atomic E-state index is 11.2. The summed E-state index contributed by atoms with van der Waals surface area (Å²) in [6, 6.07) is 7.35. The molecule has 1 aromatic carbocycles. The number of oxime groups is 1. The highest BCUT2D eigenvalue weighted by Gasteiger charge is 2.08. The molecule has 0 bridgehead atoms. The summed E-state index contributed by atoms with van der Waals surface area (Å²) in [5, 5.41) is 12.1. The number of hydrogen-bond donors (Lipinski definition) is 1. The monoisotopic (exact) mass is 299 g/mol. The van der Waals surface area contributed by atoms with E-state index in [0.717, 1.165) is 10.0 Å². The Morgan fingerprint density at radius 1 is 1.35 bits per heavy atom. The summed E-state index contributed by atoms with van der Waals surface area (Å²) in [6.45, 7) is 2.12. The van der Waals surface area contributed by atoms with E-state index in [2.05, 4.69) is 21.1 Å². The Morgan fingerprint density at radius 3 is 2.53 bits per heavy atom. The fourth-order valence-electron chi connectivity index (χ4n) is 1.35. The fourth-order valence-corrected chi connectivity index (χ4v) is 1.61. The van der Waals surface area contributed by atoms with Crippen molar-refractivity contribution in [3.8, 4) is 0 Å². The van der Waals surface area contributed by atoms with Crippen molar-refractivity contribution in [3.63, 3.8) is 0 Å². The molecule has 0 aliphatic carbocycles. The Kier molecular flexibility index (Phi) is 5.69. The number of rotatable bonds is 5. The lowest BCUT2D eigenvalue weighted by molar-refractivity contribution is -0.142. The Morgan fingerprint density at radius 2 is 2.00 bits per heavy atom. The van der Waals surface area contributed by atoms with Crippen LogP contribution in [0.15, 0.2) is 33.9 Å². The van der Waals surface area contributed by atoms with Gasteiger partial charge in [0.05, 0.1) is 18.7 Å². The first-order chi connectivity index (χ1) is 8.17. The van der Waals surface area contributed by atoms with Gasteiger partial charge in [0, 0.05) is 10.9 Å². The quantitative estimate of drug-likeness (QED) is 0.393. The number of benzene rings is 1. The summed E-state index contributed by atoms with van der Waals surface area (Å²) in [6.07, 6.45) is 0.570. The van der Waals surface area contributed by atoms with Gasteiger partial charge in [0.15, 0.2) is 0 Å². The van der Waals surface area contributed by atoms with E-state index in [1.807, 2.05) is 24.3 Å². The number of carbonyl (C=O) groups is 1. The molecule has 0 amide bonds. The molecule has 0 saturated heterocycles. The second-order valence-corrected chi connectivity index (χ2v) is 4.27. The fraction of sp³-hybridized carbons (Fsp3) is 0.333. The highest BCUT2D eigenvalue weighted by molar-refractivity contribution is 9.10. The molecule has 1 N–H and O–H groups in total. The lowest BCUT2D eigenvalue weighted by Gasteiger charge is -2.05. The Bertz CT molecular complexity index is 401. The predicted octanol–water partition coefficient (Wildman–Crippen LogP) is 2.97. The second kappa shape index (κ2) is 7.06. The summed E-state index contributed by atoms with van der Waals surface area (Å²) < 4.78 is 5.76. The van der Waals surface area contributed by atoms with Gasteiger partial charge in [-0.1, -0.05) is 33.2 Å². The summed E-state index contributed by atoms with van der Waals surface area (Å²) in [5.41, 5.74) is 1.27. The smallest absolute Gasteiger partial charge is 0.306 e. The van der Waals surface area contributed by atoms with Gasteiger partial charge in [-0.3, -0.25) is 4.79 Å². The van der Waals surface area contributed by atoms with Crippen LogP contribution in [0.4, 0.5) is 0 Å². The minimum absolute atomic E-state index is 0.212. The van der Waals surface area contributed by atoms with Gasteiger partial charge in [0.1, 0.15) is 0 Å². The average Bonchev–Trinajstić information content (AvgIpc) is 2.32. The first-order valence-corrected chi connectivity index (χ1v) is 6.09. The molecule has 5 heteroatoms. The average molecular weight is 300 g/mol. The van der Waals surface area contributed by atoms with E-state index in [0.29, 0.717) is 18.7 Å². The lowest BCUT2D eigenvalue weighted by atomic mass is 10.1. The van der Waals surface area contributed by atoms with Crippen molar-refractivity contribution in [2.75, 3.05) is 6.61 Å². The molecule has 0 spiro atoms. The normalized spacial score (nSPS) is 11.3. The second-order valence-electron chi connectivity index (χ2n) is 3.36. The zero-order valence-electron chi connectivity index (χ0n) is 9.52. The first-order valence-electron chi connectivity index (χ1n) is 5.30. The van der Waals surface area contributed by atoms with Crippen molar-refractivity contribution in [1.82, 2.24) is 0 Å². The number of carbonyl (C=O) groups excluding carboxylic acids is 1. The summed E-state index contributed by atoms with van der Waals surface area (Å²) >= 11 is 3.32. The van der Waals surface area contributed by atoms with Crippen molar-refractivity contribution >= 4 is 27.6 Å². The number of hydrogen-bond acceptors (Lipinski definition) is 4.